The predicted molar refractivity (Wildman–Crippen MR) is 101 cm³/mol. The molecule has 0 atom stereocenters. The largest absolute Gasteiger partial charge is 0.492 e. The number of hydrogen-bond donors (Lipinski definition) is 1. The summed E-state index contributed by atoms with van der Waals surface area (Å²) in [6, 6.07) is 9.75. The van der Waals surface area contributed by atoms with Gasteiger partial charge >= 0.3 is 0 Å². The number of carbonyl (C=O) groups is 1. The van der Waals surface area contributed by atoms with Crippen LogP contribution >= 0.6 is 0 Å². The number of hydrogen-bond acceptors (Lipinski definition) is 5. The van der Waals surface area contributed by atoms with E-state index in [0.717, 1.165) is 38.2 Å². The lowest BCUT2D eigenvalue weighted by molar-refractivity contribution is 0.0618. The number of aromatic nitrogens is 2. The van der Waals surface area contributed by atoms with Crippen LogP contribution in [0.3, 0.4) is 0 Å². The van der Waals surface area contributed by atoms with Crippen LogP contribution in [-0.4, -0.2) is 65.0 Å². The molecule has 1 N–H and O–H groups in total. The molecule has 2 aliphatic rings. The number of amides is 1. The van der Waals surface area contributed by atoms with Crippen molar-refractivity contribution in [3.05, 3.63) is 58.3 Å². The summed E-state index contributed by atoms with van der Waals surface area (Å²) in [5.41, 5.74) is -0.184. The number of H-pyrrole nitrogens is 1. The number of piperazine rings is 1. The Hall–Kier alpha value is -2.67. The molecule has 1 saturated heterocycles. The van der Waals surface area contributed by atoms with Gasteiger partial charge in [0.1, 0.15) is 23.7 Å². The van der Waals surface area contributed by atoms with Gasteiger partial charge in [-0.2, -0.15) is 0 Å². The van der Waals surface area contributed by atoms with Gasteiger partial charge in [-0.3, -0.25) is 14.5 Å². The van der Waals surface area contributed by atoms with Crippen LogP contribution < -0.4 is 10.3 Å². The number of carbonyl (C=O) groups excluding carboxylic acids is 1. The van der Waals surface area contributed by atoms with Crippen LogP contribution in [0.1, 0.15) is 34.9 Å². The lowest BCUT2D eigenvalue weighted by Crippen LogP contribution is -2.50. The Bertz CT molecular complexity index is 840. The van der Waals surface area contributed by atoms with E-state index in [9.17, 15) is 9.59 Å². The van der Waals surface area contributed by atoms with E-state index in [1.165, 1.54) is 6.20 Å². The highest BCUT2D eigenvalue weighted by atomic mass is 16.5. The molecule has 7 heteroatoms. The fourth-order valence-electron chi connectivity index (χ4n) is 3.28. The Morgan fingerprint density at radius 2 is 1.89 bits per heavy atom. The number of nitrogens with zero attached hydrogens (tertiary/aromatic N) is 3. The van der Waals surface area contributed by atoms with Gasteiger partial charge in [0.25, 0.3) is 11.5 Å². The molecule has 7 nitrogen and oxygen atoms in total. The number of nitrogens with one attached hydrogen (secondary N) is 1. The van der Waals surface area contributed by atoms with Crippen LogP contribution in [0.15, 0.2) is 41.3 Å². The molecule has 4 rings (SSSR count). The van der Waals surface area contributed by atoms with Crippen LogP contribution in [0.2, 0.25) is 0 Å². The van der Waals surface area contributed by atoms with Crippen LogP contribution in [0.25, 0.3) is 0 Å². The number of ether oxygens (including phenoxy) is 1. The standard InChI is InChI=1S/C20H24N4O3/c25-19-17(14-21-18(22-19)15-6-7-15)20(26)24-10-8-23(9-11-24)12-13-27-16-4-2-1-3-5-16/h1-5,14-15H,6-13H2,(H,21,22,25). The van der Waals surface area contributed by atoms with Crippen LogP contribution in [0.4, 0.5) is 0 Å². The van der Waals surface area contributed by atoms with Crippen molar-refractivity contribution in [2.75, 3.05) is 39.3 Å². The third-order valence-corrected chi connectivity index (χ3v) is 5.09. The summed E-state index contributed by atoms with van der Waals surface area (Å²) < 4.78 is 5.73. The van der Waals surface area contributed by atoms with E-state index in [1.807, 2.05) is 30.3 Å². The average Bonchev–Trinajstić information content (AvgIpc) is 3.54. The molecule has 1 aliphatic heterocycles. The molecule has 1 amide bonds. The minimum Gasteiger partial charge on any atom is -0.492 e. The van der Waals surface area contributed by atoms with E-state index < -0.39 is 0 Å². The first-order chi connectivity index (χ1) is 13.2. The summed E-state index contributed by atoms with van der Waals surface area (Å²) in [5, 5.41) is 0. The highest BCUT2D eigenvalue weighted by Crippen LogP contribution is 2.37. The summed E-state index contributed by atoms with van der Waals surface area (Å²) in [6.45, 7) is 4.19. The van der Waals surface area contributed by atoms with Crippen molar-refractivity contribution < 1.29 is 9.53 Å². The molecule has 1 aliphatic carbocycles. The molecule has 142 valence electrons. The minimum absolute atomic E-state index is 0.139. The van der Waals surface area contributed by atoms with E-state index in [4.69, 9.17) is 4.74 Å². The second-order valence-corrected chi connectivity index (χ2v) is 7.08. The summed E-state index contributed by atoms with van der Waals surface area (Å²) >= 11 is 0. The summed E-state index contributed by atoms with van der Waals surface area (Å²) in [7, 11) is 0. The maximum absolute atomic E-state index is 12.6. The van der Waals surface area contributed by atoms with Crippen molar-refractivity contribution in [1.29, 1.82) is 0 Å². The smallest absolute Gasteiger partial charge is 0.263 e. The Balaban J connectivity index is 1.26. The van der Waals surface area contributed by atoms with Gasteiger partial charge in [-0.25, -0.2) is 4.98 Å². The molecule has 0 bridgehead atoms. The molecule has 2 aromatic rings. The zero-order valence-electron chi connectivity index (χ0n) is 15.3. The zero-order valence-corrected chi connectivity index (χ0v) is 15.3. The van der Waals surface area contributed by atoms with Gasteiger partial charge in [-0.15, -0.1) is 0 Å². The molecule has 2 heterocycles. The van der Waals surface area contributed by atoms with Crippen molar-refractivity contribution in [2.24, 2.45) is 0 Å². The molecule has 0 unspecified atom stereocenters. The van der Waals surface area contributed by atoms with Crippen molar-refractivity contribution in [3.8, 4) is 5.75 Å². The van der Waals surface area contributed by atoms with Crippen molar-refractivity contribution in [1.82, 2.24) is 19.8 Å². The molecule has 27 heavy (non-hydrogen) atoms. The molecule has 2 fully saturated rings. The van der Waals surface area contributed by atoms with E-state index in [0.29, 0.717) is 31.4 Å². The first kappa shape index (κ1) is 17.7. The summed E-state index contributed by atoms with van der Waals surface area (Å²) in [4.78, 5) is 35.9. The molecular weight excluding hydrogens is 344 g/mol. The second-order valence-electron chi connectivity index (χ2n) is 7.08. The summed E-state index contributed by atoms with van der Waals surface area (Å²) in [6.07, 6.45) is 3.56. The zero-order chi connectivity index (χ0) is 18.6. The third-order valence-electron chi connectivity index (χ3n) is 5.09. The Labute approximate surface area is 158 Å². The number of aromatic amines is 1. The fourth-order valence-corrected chi connectivity index (χ4v) is 3.28. The molecular formula is C20H24N4O3. The van der Waals surface area contributed by atoms with Crippen LogP contribution in [0.5, 0.6) is 5.75 Å². The van der Waals surface area contributed by atoms with Gasteiger partial charge in [0.15, 0.2) is 0 Å². The van der Waals surface area contributed by atoms with Gasteiger partial charge in [0.2, 0.25) is 0 Å². The minimum atomic E-state index is -0.324. The van der Waals surface area contributed by atoms with Gasteiger partial charge < -0.3 is 14.6 Å². The van der Waals surface area contributed by atoms with Crippen molar-refractivity contribution >= 4 is 5.91 Å². The van der Waals surface area contributed by atoms with E-state index in [1.54, 1.807) is 4.90 Å². The normalized spacial score (nSPS) is 17.7. The Kier molecular flexibility index (Phi) is 5.20. The first-order valence-corrected chi connectivity index (χ1v) is 9.49. The fraction of sp³-hybridized carbons (Fsp3) is 0.450. The highest BCUT2D eigenvalue weighted by molar-refractivity contribution is 5.93. The number of benzene rings is 1. The van der Waals surface area contributed by atoms with Gasteiger partial charge in [-0.1, -0.05) is 18.2 Å². The second kappa shape index (κ2) is 7.92. The Morgan fingerprint density at radius 1 is 1.15 bits per heavy atom. The maximum atomic E-state index is 12.6. The predicted octanol–water partition coefficient (Wildman–Crippen LogP) is 1.48. The molecule has 0 spiro atoms. The number of rotatable bonds is 6. The van der Waals surface area contributed by atoms with Gasteiger partial charge in [0, 0.05) is 44.8 Å². The SMILES string of the molecule is O=C(c1cnc(C2CC2)[nH]c1=O)N1CCN(CCOc2ccccc2)CC1. The summed E-state index contributed by atoms with van der Waals surface area (Å²) in [5.74, 6) is 1.71. The van der Waals surface area contributed by atoms with E-state index in [2.05, 4.69) is 14.9 Å². The quantitative estimate of drug-likeness (QED) is 0.836. The maximum Gasteiger partial charge on any atom is 0.263 e. The average molecular weight is 368 g/mol. The van der Waals surface area contributed by atoms with E-state index in [-0.39, 0.29) is 17.0 Å². The van der Waals surface area contributed by atoms with Crippen LogP contribution in [-0.2, 0) is 0 Å². The Morgan fingerprint density at radius 3 is 2.56 bits per heavy atom. The van der Waals surface area contributed by atoms with Gasteiger partial charge in [-0.05, 0) is 25.0 Å². The third kappa shape index (κ3) is 4.36. The topological polar surface area (TPSA) is 78.5 Å². The molecule has 1 aromatic heterocycles. The van der Waals surface area contributed by atoms with Gasteiger partial charge in [0.05, 0.1) is 0 Å². The molecule has 1 saturated carbocycles. The number of para-hydroxylation sites is 1. The van der Waals surface area contributed by atoms with Crippen molar-refractivity contribution in [2.45, 2.75) is 18.8 Å². The monoisotopic (exact) mass is 368 g/mol. The first-order valence-electron chi connectivity index (χ1n) is 9.49. The van der Waals surface area contributed by atoms with Crippen LogP contribution in [0, 0.1) is 0 Å². The highest BCUT2D eigenvalue weighted by Gasteiger charge is 2.28. The molecule has 0 radical (unpaired) electrons. The lowest BCUT2D eigenvalue weighted by Gasteiger charge is -2.34. The lowest BCUT2D eigenvalue weighted by atomic mass is 10.2. The van der Waals surface area contributed by atoms with Crippen molar-refractivity contribution in [3.63, 3.8) is 0 Å². The molecule has 1 aromatic carbocycles. The van der Waals surface area contributed by atoms with E-state index >= 15 is 0 Å².